The van der Waals surface area contributed by atoms with Crippen LogP contribution in [0.25, 0.3) is 0 Å². The Kier molecular flexibility index (Phi) is 6.59. The van der Waals surface area contributed by atoms with Crippen molar-refractivity contribution in [3.8, 4) is 0 Å². The predicted molar refractivity (Wildman–Crippen MR) is 119 cm³/mol. The maximum absolute atomic E-state index is 12.9. The molecule has 1 saturated heterocycles. The molecule has 1 aromatic carbocycles. The van der Waals surface area contributed by atoms with E-state index < -0.39 is 0 Å². The maximum Gasteiger partial charge on any atom is 0.274 e. The summed E-state index contributed by atoms with van der Waals surface area (Å²) >= 11 is 0. The Morgan fingerprint density at radius 2 is 1.70 bits per heavy atom. The highest BCUT2D eigenvalue weighted by molar-refractivity contribution is 5.90. The van der Waals surface area contributed by atoms with Gasteiger partial charge in [0.15, 0.2) is 0 Å². The van der Waals surface area contributed by atoms with Gasteiger partial charge in [-0.15, -0.1) is 0 Å². The van der Waals surface area contributed by atoms with Gasteiger partial charge in [0.25, 0.3) is 5.56 Å². The average Bonchev–Trinajstić information content (AvgIpc) is 2.74. The zero-order valence-electron chi connectivity index (χ0n) is 18.2. The van der Waals surface area contributed by atoms with Gasteiger partial charge < -0.3 is 19.7 Å². The molecule has 1 fully saturated rings. The highest BCUT2D eigenvalue weighted by Crippen LogP contribution is 2.23. The number of piperazine rings is 1. The summed E-state index contributed by atoms with van der Waals surface area (Å²) in [6, 6.07) is 9.76. The number of nitrogens with zero attached hydrogens (tertiary/aromatic N) is 3. The van der Waals surface area contributed by atoms with Gasteiger partial charge in [-0.05, 0) is 50.1 Å². The minimum atomic E-state index is -0.348. The second-order valence-electron chi connectivity index (χ2n) is 7.84. The van der Waals surface area contributed by atoms with Crippen LogP contribution in [0.3, 0.4) is 0 Å². The number of pyridine rings is 1. The highest BCUT2D eigenvalue weighted by Gasteiger charge is 2.23. The fourth-order valence-corrected chi connectivity index (χ4v) is 3.69. The van der Waals surface area contributed by atoms with E-state index in [1.165, 1.54) is 21.4 Å². The Hall–Kier alpha value is -3.09. The molecule has 0 saturated carbocycles. The monoisotopic (exact) mass is 410 g/mol. The van der Waals surface area contributed by atoms with Crippen molar-refractivity contribution in [1.82, 2.24) is 9.47 Å². The van der Waals surface area contributed by atoms with Gasteiger partial charge in [0, 0.05) is 44.0 Å². The summed E-state index contributed by atoms with van der Waals surface area (Å²) in [7, 11) is 0. The summed E-state index contributed by atoms with van der Waals surface area (Å²) < 4.78 is 1.44. The molecule has 1 aliphatic rings. The van der Waals surface area contributed by atoms with Crippen LogP contribution in [0.2, 0.25) is 0 Å². The van der Waals surface area contributed by atoms with Crippen molar-refractivity contribution in [3.63, 3.8) is 0 Å². The second-order valence-corrected chi connectivity index (χ2v) is 7.84. The summed E-state index contributed by atoms with van der Waals surface area (Å²) in [5.74, 6) is -0.309. The molecule has 7 heteroatoms. The molecule has 160 valence electrons. The first-order valence-electron chi connectivity index (χ1n) is 10.4. The smallest absolute Gasteiger partial charge is 0.274 e. The van der Waals surface area contributed by atoms with Crippen LogP contribution in [0.1, 0.15) is 30.2 Å². The Labute approximate surface area is 177 Å². The number of carbonyl (C=O) groups excluding carboxylic acids is 2. The third-order valence-electron chi connectivity index (χ3n) is 5.62. The van der Waals surface area contributed by atoms with Crippen LogP contribution in [0, 0.1) is 20.8 Å². The van der Waals surface area contributed by atoms with E-state index in [0.717, 1.165) is 13.1 Å². The fourth-order valence-electron chi connectivity index (χ4n) is 3.69. The number of rotatable bonds is 5. The van der Waals surface area contributed by atoms with Crippen LogP contribution in [0.5, 0.6) is 0 Å². The molecule has 3 rings (SSSR count). The minimum absolute atomic E-state index is 0.0238. The van der Waals surface area contributed by atoms with Gasteiger partial charge >= 0.3 is 0 Å². The lowest BCUT2D eigenvalue weighted by Gasteiger charge is -2.37. The summed E-state index contributed by atoms with van der Waals surface area (Å²) in [4.78, 5) is 41.4. The molecule has 2 aromatic rings. The lowest BCUT2D eigenvalue weighted by Crippen LogP contribution is -2.50. The van der Waals surface area contributed by atoms with Crippen molar-refractivity contribution in [2.24, 2.45) is 0 Å². The molecule has 7 nitrogen and oxygen atoms in total. The SMILES string of the molecule is CCC(=O)Nc1ccc(C)n(CC(=O)N2CCN(c3cc(C)ccc3C)CC2)c1=O. The Bertz CT molecular complexity index is 1000. The Morgan fingerprint density at radius 3 is 2.37 bits per heavy atom. The number of nitrogens with one attached hydrogen (secondary N) is 1. The molecule has 1 N–H and O–H groups in total. The largest absolute Gasteiger partial charge is 0.368 e. The van der Waals surface area contributed by atoms with E-state index in [1.807, 2.05) is 4.90 Å². The minimum Gasteiger partial charge on any atom is -0.368 e. The molecule has 30 heavy (non-hydrogen) atoms. The number of anilines is 2. The van der Waals surface area contributed by atoms with E-state index in [0.29, 0.717) is 18.8 Å². The second kappa shape index (κ2) is 9.15. The number of aryl methyl sites for hydroxylation is 3. The van der Waals surface area contributed by atoms with Crippen LogP contribution in [-0.2, 0) is 16.1 Å². The number of benzene rings is 1. The lowest BCUT2D eigenvalue weighted by molar-refractivity contribution is -0.132. The summed E-state index contributed by atoms with van der Waals surface area (Å²) in [6.07, 6.45) is 0.289. The van der Waals surface area contributed by atoms with Crippen molar-refractivity contribution >= 4 is 23.2 Å². The van der Waals surface area contributed by atoms with Crippen LogP contribution in [0.15, 0.2) is 35.1 Å². The van der Waals surface area contributed by atoms with Gasteiger partial charge in [-0.3, -0.25) is 14.4 Å². The molecule has 2 amide bonds. The molecular weight excluding hydrogens is 380 g/mol. The van der Waals surface area contributed by atoms with E-state index >= 15 is 0 Å². The van der Waals surface area contributed by atoms with E-state index in [9.17, 15) is 14.4 Å². The maximum atomic E-state index is 12.9. The van der Waals surface area contributed by atoms with Gasteiger partial charge in [-0.1, -0.05) is 19.1 Å². The summed E-state index contributed by atoms with van der Waals surface area (Å²) in [5.41, 5.74) is 4.22. The third-order valence-corrected chi connectivity index (χ3v) is 5.62. The zero-order chi connectivity index (χ0) is 21.8. The Balaban J connectivity index is 1.68. The van der Waals surface area contributed by atoms with Gasteiger partial charge in [-0.2, -0.15) is 0 Å². The number of aromatic nitrogens is 1. The quantitative estimate of drug-likeness (QED) is 0.822. The third kappa shape index (κ3) is 4.72. The van der Waals surface area contributed by atoms with Crippen molar-refractivity contribution < 1.29 is 9.59 Å². The van der Waals surface area contributed by atoms with Gasteiger partial charge in [0.2, 0.25) is 11.8 Å². The highest BCUT2D eigenvalue weighted by atomic mass is 16.2. The normalized spacial score (nSPS) is 14.0. The summed E-state index contributed by atoms with van der Waals surface area (Å²) in [5, 5.41) is 2.61. The van der Waals surface area contributed by atoms with E-state index in [4.69, 9.17) is 0 Å². The first kappa shape index (κ1) is 21.6. The van der Waals surface area contributed by atoms with Crippen molar-refractivity contribution in [1.29, 1.82) is 0 Å². The molecule has 1 aromatic heterocycles. The molecule has 0 radical (unpaired) electrons. The van der Waals surface area contributed by atoms with E-state index in [-0.39, 0.29) is 36.0 Å². The molecule has 2 heterocycles. The fraction of sp³-hybridized carbons (Fsp3) is 0.435. The van der Waals surface area contributed by atoms with Crippen LogP contribution >= 0.6 is 0 Å². The topological polar surface area (TPSA) is 74.7 Å². The average molecular weight is 411 g/mol. The molecule has 1 aliphatic heterocycles. The molecule has 0 atom stereocenters. The lowest BCUT2D eigenvalue weighted by atomic mass is 10.1. The molecule has 0 unspecified atom stereocenters. The van der Waals surface area contributed by atoms with Crippen molar-refractivity contribution in [2.45, 2.75) is 40.7 Å². The molecule has 0 aliphatic carbocycles. The molecule has 0 bridgehead atoms. The first-order valence-corrected chi connectivity index (χ1v) is 10.4. The number of hydrogen-bond acceptors (Lipinski definition) is 4. The van der Waals surface area contributed by atoms with Crippen LogP contribution < -0.4 is 15.8 Å². The van der Waals surface area contributed by atoms with Gasteiger partial charge in [0.1, 0.15) is 12.2 Å². The molecule has 0 spiro atoms. The molecular formula is C23H30N4O3. The van der Waals surface area contributed by atoms with Gasteiger partial charge in [-0.25, -0.2) is 0 Å². The van der Waals surface area contributed by atoms with Crippen molar-refractivity contribution in [3.05, 3.63) is 57.5 Å². The van der Waals surface area contributed by atoms with Crippen molar-refractivity contribution in [2.75, 3.05) is 36.4 Å². The van der Waals surface area contributed by atoms with Gasteiger partial charge in [0.05, 0.1) is 0 Å². The standard InChI is InChI=1S/C23H30N4O3/c1-5-21(28)24-19-9-8-18(4)27(23(19)30)15-22(29)26-12-10-25(11-13-26)20-14-16(2)6-7-17(20)3/h6-9,14H,5,10-13,15H2,1-4H3,(H,24,28). The van der Waals surface area contributed by atoms with Crippen LogP contribution in [-0.4, -0.2) is 47.5 Å². The van der Waals surface area contributed by atoms with E-state index in [1.54, 1.807) is 26.0 Å². The van der Waals surface area contributed by atoms with E-state index in [2.05, 4.69) is 42.3 Å². The summed E-state index contributed by atoms with van der Waals surface area (Å²) in [6.45, 7) is 10.4. The predicted octanol–water partition coefficient (Wildman–Crippen LogP) is 2.47. The first-order chi connectivity index (χ1) is 14.3. The number of hydrogen-bond donors (Lipinski definition) is 1. The zero-order valence-corrected chi connectivity index (χ0v) is 18.2. The number of amides is 2. The Morgan fingerprint density at radius 1 is 1.00 bits per heavy atom. The number of carbonyl (C=O) groups is 2. The van der Waals surface area contributed by atoms with Crippen LogP contribution in [0.4, 0.5) is 11.4 Å².